The molecular weight excluding hydrogens is 318 g/mol. The van der Waals surface area contributed by atoms with Gasteiger partial charge in [-0.25, -0.2) is 9.98 Å². The number of aryl methyl sites for hydroxylation is 1. The molecule has 0 spiro atoms. The van der Waals surface area contributed by atoms with E-state index in [2.05, 4.69) is 61.7 Å². The fourth-order valence-electron chi connectivity index (χ4n) is 2.55. The van der Waals surface area contributed by atoms with Crippen molar-refractivity contribution in [2.45, 2.75) is 26.4 Å². The Labute approximate surface area is 146 Å². The summed E-state index contributed by atoms with van der Waals surface area (Å²) >= 11 is 1.74. The van der Waals surface area contributed by atoms with Crippen LogP contribution >= 0.6 is 11.3 Å². The molecule has 0 aliphatic heterocycles. The molecule has 6 heteroatoms. The van der Waals surface area contributed by atoms with Crippen LogP contribution in [0.2, 0.25) is 0 Å². The number of hydrogen-bond acceptors (Lipinski definition) is 3. The summed E-state index contributed by atoms with van der Waals surface area (Å²) < 4.78 is 2.20. The third kappa shape index (κ3) is 4.35. The van der Waals surface area contributed by atoms with Crippen molar-refractivity contribution in [2.24, 2.45) is 4.99 Å². The second-order valence-corrected chi connectivity index (χ2v) is 6.51. The maximum Gasteiger partial charge on any atom is 0.191 e. The molecule has 0 saturated heterocycles. The molecule has 24 heavy (non-hydrogen) atoms. The number of para-hydroxylation sites is 2. The zero-order valence-electron chi connectivity index (χ0n) is 13.9. The van der Waals surface area contributed by atoms with E-state index in [-0.39, 0.29) is 0 Å². The van der Waals surface area contributed by atoms with E-state index in [0.29, 0.717) is 0 Å². The molecule has 0 unspecified atom stereocenters. The molecule has 5 nitrogen and oxygen atoms in total. The fourth-order valence-corrected chi connectivity index (χ4v) is 3.17. The molecule has 0 saturated carbocycles. The second-order valence-electron chi connectivity index (χ2n) is 5.48. The molecule has 0 radical (unpaired) electrons. The molecule has 0 aliphatic rings. The summed E-state index contributed by atoms with van der Waals surface area (Å²) in [5.74, 6) is 0.876. The predicted octanol–water partition coefficient (Wildman–Crippen LogP) is 3.24. The summed E-state index contributed by atoms with van der Waals surface area (Å²) in [6.07, 6.45) is 2.94. The number of thiophene rings is 1. The Hall–Kier alpha value is -2.34. The van der Waals surface area contributed by atoms with Crippen molar-refractivity contribution in [2.75, 3.05) is 13.1 Å². The Balaban J connectivity index is 1.49. The van der Waals surface area contributed by atoms with E-state index < -0.39 is 0 Å². The summed E-state index contributed by atoms with van der Waals surface area (Å²) in [5, 5.41) is 8.78. The predicted molar refractivity (Wildman–Crippen MR) is 101 cm³/mol. The van der Waals surface area contributed by atoms with Crippen molar-refractivity contribution < 1.29 is 0 Å². The van der Waals surface area contributed by atoms with Crippen LogP contribution in [0.3, 0.4) is 0 Å². The number of aliphatic imine (C=N–C) groups is 1. The monoisotopic (exact) mass is 341 g/mol. The number of fused-ring (bicyclic) bond motifs is 1. The van der Waals surface area contributed by atoms with Crippen LogP contribution in [0.1, 0.15) is 18.2 Å². The lowest BCUT2D eigenvalue weighted by molar-refractivity contribution is 0.637. The molecule has 126 valence electrons. The molecule has 0 fully saturated rings. The van der Waals surface area contributed by atoms with Gasteiger partial charge in [-0.15, -0.1) is 11.3 Å². The normalized spacial score (nSPS) is 11.8. The first-order valence-corrected chi connectivity index (χ1v) is 9.19. The number of imidazole rings is 1. The maximum absolute atomic E-state index is 4.63. The van der Waals surface area contributed by atoms with Crippen LogP contribution in [0.15, 0.2) is 53.1 Å². The minimum Gasteiger partial charge on any atom is -0.357 e. The number of nitrogens with zero attached hydrogens (tertiary/aromatic N) is 3. The van der Waals surface area contributed by atoms with Gasteiger partial charge in [-0.05, 0) is 36.9 Å². The molecule has 3 aromatic rings. The van der Waals surface area contributed by atoms with Crippen LogP contribution in [-0.4, -0.2) is 28.6 Å². The van der Waals surface area contributed by atoms with Crippen LogP contribution in [0.25, 0.3) is 11.0 Å². The van der Waals surface area contributed by atoms with Gasteiger partial charge >= 0.3 is 0 Å². The maximum atomic E-state index is 4.63. The zero-order chi connectivity index (χ0) is 16.6. The minimum atomic E-state index is 0.721. The van der Waals surface area contributed by atoms with E-state index in [1.165, 1.54) is 10.4 Å². The quantitative estimate of drug-likeness (QED) is 0.394. The number of nitrogens with one attached hydrogen (secondary N) is 2. The molecule has 2 aromatic heterocycles. The number of rotatable bonds is 7. The Kier molecular flexibility index (Phi) is 5.85. The van der Waals surface area contributed by atoms with Gasteiger partial charge in [-0.3, -0.25) is 0 Å². The van der Waals surface area contributed by atoms with Crippen LogP contribution < -0.4 is 10.6 Å². The van der Waals surface area contributed by atoms with E-state index >= 15 is 0 Å². The van der Waals surface area contributed by atoms with Gasteiger partial charge in [-0.2, -0.15) is 0 Å². The van der Waals surface area contributed by atoms with Gasteiger partial charge in [0.15, 0.2) is 5.96 Å². The molecule has 1 aromatic carbocycles. The van der Waals surface area contributed by atoms with Crippen LogP contribution in [0.5, 0.6) is 0 Å². The topological polar surface area (TPSA) is 54.2 Å². The molecule has 2 N–H and O–H groups in total. The lowest BCUT2D eigenvalue weighted by Crippen LogP contribution is -2.38. The van der Waals surface area contributed by atoms with Crippen molar-refractivity contribution >= 4 is 28.3 Å². The van der Waals surface area contributed by atoms with Crippen molar-refractivity contribution in [3.63, 3.8) is 0 Å². The third-order valence-electron chi connectivity index (χ3n) is 3.71. The van der Waals surface area contributed by atoms with Gasteiger partial charge in [0.1, 0.15) is 0 Å². The first kappa shape index (κ1) is 16.5. The molecule has 0 amide bonds. The summed E-state index contributed by atoms with van der Waals surface area (Å²) in [6.45, 7) is 5.49. The highest BCUT2D eigenvalue weighted by molar-refractivity contribution is 7.09. The Bertz CT molecular complexity index is 776. The summed E-state index contributed by atoms with van der Waals surface area (Å²) in [4.78, 5) is 10.3. The number of guanidine groups is 1. The molecule has 0 bridgehead atoms. The lowest BCUT2D eigenvalue weighted by atomic mass is 10.3. The average Bonchev–Trinajstić information content (AvgIpc) is 3.26. The Morgan fingerprint density at radius 1 is 1.21 bits per heavy atom. The van der Waals surface area contributed by atoms with E-state index in [1.807, 2.05) is 18.5 Å². The highest BCUT2D eigenvalue weighted by Gasteiger charge is 2.02. The van der Waals surface area contributed by atoms with Crippen LogP contribution in [0.4, 0.5) is 0 Å². The first-order valence-electron chi connectivity index (χ1n) is 8.31. The number of benzene rings is 1. The Morgan fingerprint density at radius 2 is 2.12 bits per heavy atom. The van der Waals surface area contributed by atoms with E-state index in [1.54, 1.807) is 11.3 Å². The molecule has 2 heterocycles. The van der Waals surface area contributed by atoms with Gasteiger partial charge in [0, 0.05) is 24.5 Å². The fraction of sp³-hybridized carbons (Fsp3) is 0.333. The minimum absolute atomic E-state index is 0.721. The van der Waals surface area contributed by atoms with Gasteiger partial charge < -0.3 is 15.2 Å². The SMILES string of the molecule is CCNC(=NCc1cccs1)NCCCn1cnc2ccccc21. The lowest BCUT2D eigenvalue weighted by Gasteiger charge is -2.11. The molecule has 3 rings (SSSR count). The van der Waals surface area contributed by atoms with Gasteiger partial charge in [0.05, 0.1) is 23.9 Å². The van der Waals surface area contributed by atoms with Crippen LogP contribution in [-0.2, 0) is 13.1 Å². The smallest absolute Gasteiger partial charge is 0.191 e. The summed E-state index contributed by atoms with van der Waals surface area (Å²) in [5.41, 5.74) is 2.24. The zero-order valence-corrected chi connectivity index (χ0v) is 14.7. The highest BCUT2D eigenvalue weighted by atomic mass is 32.1. The van der Waals surface area contributed by atoms with Crippen molar-refractivity contribution in [3.8, 4) is 0 Å². The standard InChI is InChI=1S/C18H23N5S/c1-2-19-18(21-13-15-7-5-12-24-15)20-10-6-11-23-14-22-16-8-3-4-9-17(16)23/h3-5,7-9,12,14H,2,6,10-11,13H2,1H3,(H2,19,20,21). The van der Waals surface area contributed by atoms with Gasteiger partial charge in [0.2, 0.25) is 0 Å². The Morgan fingerprint density at radius 3 is 2.96 bits per heavy atom. The molecular formula is C18H23N5S. The molecule has 0 atom stereocenters. The van der Waals surface area contributed by atoms with Gasteiger partial charge in [0.25, 0.3) is 0 Å². The highest BCUT2D eigenvalue weighted by Crippen LogP contribution is 2.12. The van der Waals surface area contributed by atoms with E-state index in [0.717, 1.165) is 44.1 Å². The summed E-state index contributed by atoms with van der Waals surface area (Å²) in [6, 6.07) is 12.4. The average molecular weight is 341 g/mol. The third-order valence-corrected chi connectivity index (χ3v) is 4.57. The summed E-state index contributed by atoms with van der Waals surface area (Å²) in [7, 11) is 0. The number of aromatic nitrogens is 2. The first-order chi connectivity index (χ1) is 11.9. The van der Waals surface area contributed by atoms with Crippen molar-refractivity contribution in [3.05, 3.63) is 53.0 Å². The van der Waals surface area contributed by atoms with Gasteiger partial charge in [-0.1, -0.05) is 18.2 Å². The molecule has 0 aliphatic carbocycles. The van der Waals surface area contributed by atoms with E-state index in [4.69, 9.17) is 0 Å². The van der Waals surface area contributed by atoms with Crippen molar-refractivity contribution in [1.29, 1.82) is 0 Å². The van der Waals surface area contributed by atoms with E-state index in [9.17, 15) is 0 Å². The van der Waals surface area contributed by atoms with Crippen LogP contribution in [0, 0.1) is 0 Å². The second kappa shape index (κ2) is 8.49. The largest absolute Gasteiger partial charge is 0.357 e. The number of hydrogen-bond donors (Lipinski definition) is 2. The van der Waals surface area contributed by atoms with Crippen molar-refractivity contribution in [1.82, 2.24) is 20.2 Å².